The molecule has 0 saturated heterocycles. The highest BCUT2D eigenvalue weighted by Gasteiger charge is 2.27. The lowest BCUT2D eigenvalue weighted by Gasteiger charge is -2.21. The van der Waals surface area contributed by atoms with Gasteiger partial charge in [-0.05, 0) is 55.4 Å². The smallest absolute Gasteiger partial charge is 0.247 e. The average Bonchev–Trinajstić information content (AvgIpc) is 3.04. The fourth-order valence-corrected chi connectivity index (χ4v) is 3.51. The van der Waals surface area contributed by atoms with E-state index in [1.54, 1.807) is 18.2 Å². The lowest BCUT2D eigenvalue weighted by atomic mass is 9.99. The summed E-state index contributed by atoms with van der Waals surface area (Å²) >= 11 is 0. The van der Waals surface area contributed by atoms with Gasteiger partial charge in [0.15, 0.2) is 11.6 Å². The zero-order chi connectivity index (χ0) is 17.1. The van der Waals surface area contributed by atoms with Crippen molar-refractivity contribution in [1.29, 1.82) is 0 Å². The van der Waals surface area contributed by atoms with E-state index in [0.717, 1.165) is 24.8 Å². The minimum absolute atomic E-state index is 0.0645. The van der Waals surface area contributed by atoms with Crippen LogP contribution in [0.4, 0.5) is 4.39 Å². The van der Waals surface area contributed by atoms with Gasteiger partial charge in [0.1, 0.15) is 0 Å². The van der Waals surface area contributed by atoms with E-state index in [0.29, 0.717) is 12.0 Å². The van der Waals surface area contributed by atoms with Gasteiger partial charge in [0.2, 0.25) is 5.56 Å². The molecule has 2 N–H and O–H groups in total. The maximum Gasteiger partial charge on any atom is 0.247 e. The SMILES string of the molecule is COc1cc([C@@H](C)NC2CC[C@H](c3ccc(=O)[nH]c3)C2)ccc1F. The lowest BCUT2D eigenvalue weighted by Crippen LogP contribution is -2.29. The predicted octanol–water partition coefficient (Wildman–Crippen LogP) is 3.51. The average molecular weight is 330 g/mol. The number of benzene rings is 1. The fraction of sp³-hybridized carbons (Fsp3) is 0.421. The summed E-state index contributed by atoms with van der Waals surface area (Å²) in [5.41, 5.74) is 2.14. The van der Waals surface area contributed by atoms with E-state index in [9.17, 15) is 9.18 Å². The molecule has 1 saturated carbocycles. The third kappa shape index (κ3) is 3.67. The van der Waals surface area contributed by atoms with Crippen LogP contribution in [0.1, 0.15) is 49.3 Å². The van der Waals surface area contributed by atoms with Crippen molar-refractivity contribution in [3.05, 3.63) is 63.8 Å². The number of hydrogen-bond donors (Lipinski definition) is 2. The summed E-state index contributed by atoms with van der Waals surface area (Å²) in [7, 11) is 1.48. The van der Waals surface area contributed by atoms with E-state index in [1.165, 1.54) is 18.7 Å². The molecule has 0 radical (unpaired) electrons. The molecule has 0 aliphatic heterocycles. The van der Waals surface area contributed by atoms with Gasteiger partial charge < -0.3 is 15.0 Å². The molecule has 1 aliphatic carbocycles. The van der Waals surface area contributed by atoms with Crippen LogP contribution in [0.25, 0.3) is 0 Å². The first-order chi connectivity index (χ1) is 11.6. The first kappa shape index (κ1) is 16.7. The maximum absolute atomic E-state index is 13.5. The third-order valence-corrected chi connectivity index (χ3v) is 4.87. The van der Waals surface area contributed by atoms with Crippen molar-refractivity contribution in [2.75, 3.05) is 7.11 Å². The fourth-order valence-electron chi connectivity index (χ4n) is 3.51. The van der Waals surface area contributed by atoms with Crippen molar-refractivity contribution in [2.24, 2.45) is 0 Å². The van der Waals surface area contributed by atoms with Crippen molar-refractivity contribution in [3.63, 3.8) is 0 Å². The van der Waals surface area contributed by atoms with Gasteiger partial charge in [-0.2, -0.15) is 0 Å². The summed E-state index contributed by atoms with van der Waals surface area (Å²) in [4.78, 5) is 13.9. The van der Waals surface area contributed by atoms with E-state index < -0.39 is 0 Å². The van der Waals surface area contributed by atoms with E-state index in [-0.39, 0.29) is 23.2 Å². The molecule has 5 heteroatoms. The molecule has 1 aromatic carbocycles. The standard InChI is InChI=1S/C19H23FN2O2/c1-12(13-4-7-17(20)18(10-13)24-2)22-16-6-3-14(9-16)15-5-8-19(23)21-11-15/h4-5,7-8,10-12,14,16,22H,3,6,9H2,1-2H3,(H,21,23)/t12-,14+,16?/m1/s1. The Hall–Kier alpha value is -2.14. The van der Waals surface area contributed by atoms with Gasteiger partial charge in [-0.15, -0.1) is 0 Å². The van der Waals surface area contributed by atoms with Crippen LogP contribution in [0.15, 0.2) is 41.3 Å². The normalized spacial score (nSPS) is 21.6. The van der Waals surface area contributed by atoms with Crippen LogP contribution in [0.2, 0.25) is 0 Å². The van der Waals surface area contributed by atoms with Gasteiger partial charge in [-0.1, -0.05) is 12.1 Å². The number of ether oxygens (including phenoxy) is 1. The zero-order valence-electron chi connectivity index (χ0n) is 14.0. The van der Waals surface area contributed by atoms with E-state index in [4.69, 9.17) is 4.74 Å². The summed E-state index contributed by atoms with van der Waals surface area (Å²) in [6, 6.07) is 9.03. The Morgan fingerprint density at radius 2 is 2.12 bits per heavy atom. The Balaban J connectivity index is 1.62. The van der Waals surface area contributed by atoms with Crippen LogP contribution in [0.3, 0.4) is 0 Å². The Labute approximate surface area is 141 Å². The van der Waals surface area contributed by atoms with Gasteiger partial charge in [-0.25, -0.2) is 4.39 Å². The van der Waals surface area contributed by atoms with Gasteiger partial charge in [-0.3, -0.25) is 4.79 Å². The van der Waals surface area contributed by atoms with Crippen LogP contribution >= 0.6 is 0 Å². The largest absolute Gasteiger partial charge is 0.494 e. The van der Waals surface area contributed by atoms with Crippen LogP contribution in [0, 0.1) is 5.82 Å². The molecule has 128 valence electrons. The van der Waals surface area contributed by atoms with Crippen LogP contribution in [-0.4, -0.2) is 18.1 Å². The topological polar surface area (TPSA) is 54.1 Å². The van der Waals surface area contributed by atoms with Gasteiger partial charge in [0, 0.05) is 24.3 Å². The van der Waals surface area contributed by atoms with Crippen molar-refractivity contribution in [1.82, 2.24) is 10.3 Å². The first-order valence-electron chi connectivity index (χ1n) is 8.35. The van der Waals surface area contributed by atoms with Gasteiger partial charge >= 0.3 is 0 Å². The number of H-pyrrole nitrogens is 1. The molecule has 0 amide bonds. The number of aromatic nitrogens is 1. The third-order valence-electron chi connectivity index (χ3n) is 4.87. The molecule has 0 bridgehead atoms. The van der Waals surface area contributed by atoms with Crippen LogP contribution < -0.4 is 15.6 Å². The molecular formula is C19H23FN2O2. The Morgan fingerprint density at radius 3 is 2.83 bits per heavy atom. The zero-order valence-corrected chi connectivity index (χ0v) is 14.0. The van der Waals surface area contributed by atoms with Crippen molar-refractivity contribution in [3.8, 4) is 5.75 Å². The number of rotatable bonds is 5. The molecule has 1 aromatic heterocycles. The molecule has 4 nitrogen and oxygen atoms in total. The monoisotopic (exact) mass is 330 g/mol. The molecule has 1 unspecified atom stereocenters. The Morgan fingerprint density at radius 1 is 1.29 bits per heavy atom. The van der Waals surface area contributed by atoms with Gasteiger partial charge in [0.25, 0.3) is 0 Å². The van der Waals surface area contributed by atoms with Crippen molar-refractivity contribution < 1.29 is 9.13 Å². The van der Waals surface area contributed by atoms with Crippen LogP contribution in [-0.2, 0) is 0 Å². The van der Waals surface area contributed by atoms with E-state index in [2.05, 4.69) is 17.2 Å². The minimum Gasteiger partial charge on any atom is -0.494 e. The van der Waals surface area contributed by atoms with Crippen molar-refractivity contribution >= 4 is 0 Å². The van der Waals surface area contributed by atoms with Gasteiger partial charge in [0.05, 0.1) is 7.11 Å². The molecular weight excluding hydrogens is 307 g/mol. The highest BCUT2D eigenvalue weighted by Crippen LogP contribution is 2.35. The van der Waals surface area contributed by atoms with E-state index in [1.807, 2.05) is 12.3 Å². The molecule has 1 heterocycles. The highest BCUT2D eigenvalue weighted by atomic mass is 19.1. The maximum atomic E-state index is 13.5. The second-order valence-electron chi connectivity index (χ2n) is 6.48. The molecule has 24 heavy (non-hydrogen) atoms. The number of aromatic amines is 1. The quantitative estimate of drug-likeness (QED) is 0.882. The second-order valence-corrected chi connectivity index (χ2v) is 6.48. The Kier molecular flexibility index (Phi) is 5.00. The molecule has 3 rings (SSSR count). The summed E-state index contributed by atoms with van der Waals surface area (Å²) < 4.78 is 18.6. The number of halogens is 1. The summed E-state index contributed by atoms with van der Waals surface area (Å²) in [5.74, 6) is 0.403. The molecule has 0 spiro atoms. The number of methoxy groups -OCH3 is 1. The Bertz CT molecular complexity index is 739. The first-order valence-corrected chi connectivity index (χ1v) is 8.35. The lowest BCUT2D eigenvalue weighted by molar-refractivity contribution is 0.384. The molecule has 3 atom stereocenters. The summed E-state index contributed by atoms with van der Waals surface area (Å²) in [6.45, 7) is 2.08. The molecule has 1 aliphatic rings. The second kappa shape index (κ2) is 7.18. The number of pyridine rings is 1. The minimum atomic E-state index is -0.340. The summed E-state index contributed by atoms with van der Waals surface area (Å²) in [5, 5.41) is 3.63. The highest BCUT2D eigenvalue weighted by molar-refractivity contribution is 5.32. The number of hydrogen-bond acceptors (Lipinski definition) is 3. The van der Waals surface area contributed by atoms with E-state index >= 15 is 0 Å². The molecule has 2 aromatic rings. The predicted molar refractivity (Wildman–Crippen MR) is 91.9 cm³/mol. The van der Waals surface area contributed by atoms with Crippen molar-refractivity contribution in [2.45, 2.75) is 44.2 Å². The van der Waals surface area contributed by atoms with Crippen LogP contribution in [0.5, 0.6) is 5.75 Å². The summed E-state index contributed by atoms with van der Waals surface area (Å²) in [6.07, 6.45) is 5.05. The number of nitrogens with one attached hydrogen (secondary N) is 2. The molecule has 1 fully saturated rings.